The van der Waals surface area contributed by atoms with Crippen LogP contribution in [0.4, 0.5) is 4.39 Å². The van der Waals surface area contributed by atoms with Crippen molar-refractivity contribution in [2.45, 2.75) is 38.8 Å². The fraction of sp³-hybridized carbons (Fsp3) is 0.600. The number of likely N-dealkylation sites (tertiary alicyclic amines) is 1. The second kappa shape index (κ2) is 9.55. The Hall–Kier alpha value is -1.60. The Morgan fingerprint density at radius 1 is 1.33 bits per heavy atom. The molecule has 27 heavy (non-hydrogen) atoms. The number of carbonyl (C=O) groups is 2. The van der Waals surface area contributed by atoms with E-state index in [1.807, 2.05) is 22.7 Å². The Kier molecular flexibility index (Phi) is 7.13. The molecule has 0 aliphatic carbocycles. The van der Waals surface area contributed by atoms with Gasteiger partial charge >= 0.3 is 0 Å². The normalized spacial score (nSPS) is 21.1. The third kappa shape index (κ3) is 5.69. The maximum atomic E-state index is 13.6. The molecule has 2 saturated heterocycles. The highest BCUT2D eigenvalue weighted by Crippen LogP contribution is 2.20. The van der Waals surface area contributed by atoms with E-state index in [0.717, 1.165) is 23.6 Å². The first-order valence-electron chi connectivity index (χ1n) is 9.64. The number of aryl methyl sites for hydroxylation is 1. The Labute approximate surface area is 164 Å². The van der Waals surface area contributed by atoms with Crippen LogP contribution in [0.5, 0.6) is 0 Å². The van der Waals surface area contributed by atoms with Gasteiger partial charge in [0, 0.05) is 56.1 Å². The van der Waals surface area contributed by atoms with Crippen LogP contribution in [0.3, 0.4) is 0 Å². The first kappa shape index (κ1) is 20.1. The summed E-state index contributed by atoms with van der Waals surface area (Å²) in [6.07, 6.45) is 1.92. The third-order valence-corrected chi connectivity index (χ3v) is 6.47. The molecule has 1 unspecified atom stereocenters. The average molecular weight is 394 g/mol. The second-order valence-electron chi connectivity index (χ2n) is 7.39. The molecule has 2 N–H and O–H groups in total. The standard InChI is InChI=1S/C20H28FN3O2S/c1-14-2-3-15(10-18(14)21)12-23-20(26)16-4-7-24(8-5-16)19(25)11-17-13-27-9-6-22-17/h2-3,10,16-17,22H,4-9,11-13H2,1H3,(H,23,26). The number of amides is 2. The van der Waals surface area contributed by atoms with Crippen molar-refractivity contribution in [2.75, 3.05) is 31.1 Å². The van der Waals surface area contributed by atoms with E-state index in [9.17, 15) is 14.0 Å². The molecule has 2 aliphatic heterocycles. The maximum Gasteiger partial charge on any atom is 0.224 e. The van der Waals surface area contributed by atoms with Crippen molar-refractivity contribution in [1.82, 2.24) is 15.5 Å². The Morgan fingerprint density at radius 3 is 2.78 bits per heavy atom. The van der Waals surface area contributed by atoms with Gasteiger partial charge in [-0.15, -0.1) is 0 Å². The molecule has 1 atom stereocenters. The lowest BCUT2D eigenvalue weighted by Crippen LogP contribution is -2.46. The summed E-state index contributed by atoms with van der Waals surface area (Å²) in [5, 5.41) is 6.30. The number of carbonyl (C=O) groups excluding carboxylic acids is 2. The largest absolute Gasteiger partial charge is 0.352 e. The van der Waals surface area contributed by atoms with Gasteiger partial charge in [0.05, 0.1) is 0 Å². The second-order valence-corrected chi connectivity index (χ2v) is 8.54. The highest BCUT2D eigenvalue weighted by Gasteiger charge is 2.28. The van der Waals surface area contributed by atoms with Crippen LogP contribution < -0.4 is 10.6 Å². The summed E-state index contributed by atoms with van der Waals surface area (Å²) in [6, 6.07) is 5.29. The highest BCUT2D eigenvalue weighted by molar-refractivity contribution is 7.99. The van der Waals surface area contributed by atoms with E-state index in [1.54, 1.807) is 13.0 Å². The topological polar surface area (TPSA) is 61.4 Å². The summed E-state index contributed by atoms with van der Waals surface area (Å²) in [4.78, 5) is 26.7. The van der Waals surface area contributed by atoms with Gasteiger partial charge in [-0.25, -0.2) is 4.39 Å². The summed E-state index contributed by atoms with van der Waals surface area (Å²) < 4.78 is 13.6. The van der Waals surface area contributed by atoms with Crippen molar-refractivity contribution >= 4 is 23.6 Å². The molecular formula is C20H28FN3O2S. The lowest BCUT2D eigenvalue weighted by molar-refractivity contribution is -0.136. The Morgan fingerprint density at radius 2 is 2.11 bits per heavy atom. The molecule has 0 saturated carbocycles. The molecule has 1 aromatic rings. The molecule has 2 fully saturated rings. The molecule has 7 heteroatoms. The minimum atomic E-state index is -0.251. The van der Waals surface area contributed by atoms with Gasteiger partial charge in [0.25, 0.3) is 0 Å². The van der Waals surface area contributed by atoms with Gasteiger partial charge in [-0.3, -0.25) is 9.59 Å². The van der Waals surface area contributed by atoms with Crippen LogP contribution in [-0.4, -0.2) is 53.9 Å². The summed E-state index contributed by atoms with van der Waals surface area (Å²) in [7, 11) is 0. The average Bonchev–Trinajstić information content (AvgIpc) is 2.69. The van der Waals surface area contributed by atoms with E-state index in [-0.39, 0.29) is 29.6 Å². The summed E-state index contributed by atoms with van der Waals surface area (Å²) in [5.74, 6) is 1.95. The molecule has 0 radical (unpaired) electrons. The minimum absolute atomic E-state index is 0.00608. The minimum Gasteiger partial charge on any atom is -0.352 e. The van der Waals surface area contributed by atoms with Crippen LogP contribution >= 0.6 is 11.8 Å². The van der Waals surface area contributed by atoms with E-state index in [1.165, 1.54) is 6.07 Å². The first-order valence-corrected chi connectivity index (χ1v) is 10.8. The predicted octanol–water partition coefficient (Wildman–Crippen LogP) is 2.08. The predicted molar refractivity (Wildman–Crippen MR) is 106 cm³/mol. The monoisotopic (exact) mass is 393 g/mol. The van der Waals surface area contributed by atoms with E-state index in [2.05, 4.69) is 10.6 Å². The number of nitrogens with one attached hydrogen (secondary N) is 2. The third-order valence-electron chi connectivity index (χ3n) is 5.34. The van der Waals surface area contributed by atoms with Gasteiger partial charge in [-0.2, -0.15) is 11.8 Å². The van der Waals surface area contributed by atoms with Gasteiger partial charge in [0.15, 0.2) is 0 Å². The van der Waals surface area contributed by atoms with Crippen LogP contribution in [0.2, 0.25) is 0 Å². The van der Waals surface area contributed by atoms with Crippen LogP contribution in [0.25, 0.3) is 0 Å². The van der Waals surface area contributed by atoms with Gasteiger partial charge in [0.2, 0.25) is 11.8 Å². The SMILES string of the molecule is Cc1ccc(CNC(=O)C2CCN(C(=O)CC3CSCCN3)CC2)cc1F. The van der Waals surface area contributed by atoms with E-state index < -0.39 is 0 Å². The molecule has 0 spiro atoms. The zero-order valence-electron chi connectivity index (χ0n) is 15.8. The number of benzene rings is 1. The first-order chi connectivity index (χ1) is 13.0. The molecule has 3 rings (SSSR count). The molecule has 0 bridgehead atoms. The lowest BCUT2D eigenvalue weighted by Gasteiger charge is -2.33. The summed E-state index contributed by atoms with van der Waals surface area (Å²) in [6.45, 7) is 4.29. The van der Waals surface area contributed by atoms with Crippen LogP contribution in [0.15, 0.2) is 18.2 Å². The van der Waals surface area contributed by atoms with E-state index in [4.69, 9.17) is 0 Å². The molecular weight excluding hydrogens is 365 g/mol. The summed E-state index contributed by atoms with van der Waals surface area (Å²) >= 11 is 1.89. The lowest BCUT2D eigenvalue weighted by atomic mass is 9.95. The van der Waals surface area contributed by atoms with Crippen molar-refractivity contribution in [3.8, 4) is 0 Å². The van der Waals surface area contributed by atoms with Gasteiger partial charge in [-0.1, -0.05) is 12.1 Å². The molecule has 5 nitrogen and oxygen atoms in total. The van der Waals surface area contributed by atoms with Crippen molar-refractivity contribution in [2.24, 2.45) is 5.92 Å². The van der Waals surface area contributed by atoms with Gasteiger partial charge in [0.1, 0.15) is 5.82 Å². The number of hydrogen-bond donors (Lipinski definition) is 2. The van der Waals surface area contributed by atoms with E-state index in [0.29, 0.717) is 44.5 Å². The smallest absolute Gasteiger partial charge is 0.224 e. The van der Waals surface area contributed by atoms with Crippen LogP contribution in [-0.2, 0) is 16.1 Å². The number of thioether (sulfide) groups is 1. The zero-order valence-corrected chi connectivity index (χ0v) is 16.6. The Bertz CT molecular complexity index is 671. The Balaban J connectivity index is 1.40. The van der Waals surface area contributed by atoms with E-state index >= 15 is 0 Å². The summed E-state index contributed by atoms with van der Waals surface area (Å²) in [5.41, 5.74) is 1.36. The van der Waals surface area contributed by atoms with Crippen molar-refractivity contribution in [3.05, 3.63) is 35.1 Å². The van der Waals surface area contributed by atoms with Gasteiger partial charge < -0.3 is 15.5 Å². The highest BCUT2D eigenvalue weighted by atomic mass is 32.2. The van der Waals surface area contributed by atoms with Crippen LogP contribution in [0, 0.1) is 18.7 Å². The molecule has 148 valence electrons. The van der Waals surface area contributed by atoms with Crippen LogP contribution in [0.1, 0.15) is 30.4 Å². The van der Waals surface area contributed by atoms with Gasteiger partial charge in [-0.05, 0) is 37.0 Å². The molecule has 0 aromatic heterocycles. The maximum absolute atomic E-state index is 13.6. The number of rotatable bonds is 5. The fourth-order valence-electron chi connectivity index (χ4n) is 3.56. The molecule has 2 aliphatic rings. The number of hydrogen-bond acceptors (Lipinski definition) is 4. The molecule has 2 amide bonds. The van der Waals surface area contributed by atoms with Crippen molar-refractivity contribution in [3.63, 3.8) is 0 Å². The zero-order chi connectivity index (χ0) is 19.2. The number of halogens is 1. The van der Waals surface area contributed by atoms with Crippen molar-refractivity contribution in [1.29, 1.82) is 0 Å². The fourth-order valence-corrected chi connectivity index (χ4v) is 4.51. The quantitative estimate of drug-likeness (QED) is 0.804. The number of piperidine rings is 1. The molecule has 1 aromatic carbocycles. The molecule has 2 heterocycles. The van der Waals surface area contributed by atoms with Crippen molar-refractivity contribution < 1.29 is 14.0 Å². The number of nitrogens with zero attached hydrogens (tertiary/aromatic N) is 1.